The van der Waals surface area contributed by atoms with Crippen LogP contribution < -0.4 is 10.6 Å². The Balaban J connectivity index is 1.77. The molecule has 0 spiro atoms. The van der Waals surface area contributed by atoms with E-state index < -0.39 is 11.8 Å². The van der Waals surface area contributed by atoms with Crippen LogP contribution in [-0.4, -0.2) is 16.8 Å². The molecule has 114 valence electrons. The van der Waals surface area contributed by atoms with Gasteiger partial charge in [-0.05, 0) is 30.5 Å². The molecular weight excluding hydrogens is 290 g/mol. The van der Waals surface area contributed by atoms with Gasteiger partial charge in [0.2, 0.25) is 0 Å². The van der Waals surface area contributed by atoms with E-state index in [0.29, 0.717) is 11.5 Å². The van der Waals surface area contributed by atoms with E-state index in [0.717, 1.165) is 16.5 Å². The monoisotopic (exact) mass is 305 g/mol. The second kappa shape index (κ2) is 6.27. The van der Waals surface area contributed by atoms with E-state index in [-0.39, 0.29) is 0 Å². The van der Waals surface area contributed by atoms with Crippen molar-refractivity contribution in [2.45, 2.75) is 6.92 Å². The largest absolute Gasteiger partial charge is 0.317 e. The van der Waals surface area contributed by atoms with Crippen LogP contribution in [0.25, 0.3) is 10.8 Å². The fourth-order valence-electron chi connectivity index (χ4n) is 2.30. The topological polar surface area (TPSA) is 71.1 Å². The number of aromatic nitrogens is 1. The molecule has 0 aliphatic rings. The molecule has 0 aliphatic carbocycles. The minimum atomic E-state index is -0.754. The number of hydrogen-bond donors (Lipinski definition) is 2. The summed E-state index contributed by atoms with van der Waals surface area (Å²) in [5.74, 6) is -1.14. The maximum Gasteiger partial charge on any atom is 0.315 e. The molecule has 2 amide bonds. The molecule has 0 fully saturated rings. The molecule has 5 nitrogen and oxygen atoms in total. The molecule has 2 aromatic carbocycles. The molecule has 0 saturated carbocycles. The summed E-state index contributed by atoms with van der Waals surface area (Å²) in [6.45, 7) is 1.81. The van der Waals surface area contributed by atoms with E-state index in [4.69, 9.17) is 0 Å². The molecule has 23 heavy (non-hydrogen) atoms. The van der Waals surface area contributed by atoms with Gasteiger partial charge in [-0.25, -0.2) is 4.98 Å². The number of amides is 2. The van der Waals surface area contributed by atoms with Crippen molar-refractivity contribution in [3.63, 3.8) is 0 Å². The summed E-state index contributed by atoms with van der Waals surface area (Å²) in [7, 11) is 0. The summed E-state index contributed by atoms with van der Waals surface area (Å²) in [6, 6.07) is 18.4. The number of carbonyl (C=O) groups excluding carboxylic acids is 2. The molecule has 1 aromatic heterocycles. The zero-order valence-corrected chi connectivity index (χ0v) is 12.5. The van der Waals surface area contributed by atoms with Crippen LogP contribution in [0.4, 0.5) is 11.5 Å². The first-order chi connectivity index (χ1) is 11.1. The van der Waals surface area contributed by atoms with Crippen LogP contribution in [0.1, 0.15) is 5.69 Å². The molecule has 2 N–H and O–H groups in total. The van der Waals surface area contributed by atoms with Gasteiger partial charge >= 0.3 is 11.8 Å². The average Bonchev–Trinajstić information content (AvgIpc) is 2.55. The van der Waals surface area contributed by atoms with Gasteiger partial charge in [-0.15, -0.1) is 0 Å². The molecule has 0 saturated heterocycles. The highest BCUT2D eigenvalue weighted by Crippen LogP contribution is 2.22. The van der Waals surface area contributed by atoms with Gasteiger partial charge in [0, 0.05) is 16.8 Å². The Kier molecular flexibility index (Phi) is 4.01. The predicted molar refractivity (Wildman–Crippen MR) is 90.2 cm³/mol. The van der Waals surface area contributed by atoms with Crippen molar-refractivity contribution in [3.05, 3.63) is 66.4 Å². The maximum absolute atomic E-state index is 12.1. The van der Waals surface area contributed by atoms with E-state index in [1.54, 1.807) is 18.2 Å². The van der Waals surface area contributed by atoms with Crippen molar-refractivity contribution in [2.75, 3.05) is 10.6 Å². The lowest BCUT2D eigenvalue weighted by molar-refractivity contribution is -0.133. The summed E-state index contributed by atoms with van der Waals surface area (Å²) in [4.78, 5) is 28.2. The molecule has 0 aliphatic heterocycles. The summed E-state index contributed by atoms with van der Waals surface area (Å²) in [6.07, 6.45) is 0. The van der Waals surface area contributed by atoms with Gasteiger partial charge in [-0.2, -0.15) is 0 Å². The van der Waals surface area contributed by atoms with Crippen molar-refractivity contribution in [3.8, 4) is 0 Å². The van der Waals surface area contributed by atoms with Crippen LogP contribution in [-0.2, 0) is 9.59 Å². The van der Waals surface area contributed by atoms with Crippen molar-refractivity contribution < 1.29 is 9.59 Å². The number of benzene rings is 2. The minimum absolute atomic E-state index is 0.350. The molecule has 0 atom stereocenters. The van der Waals surface area contributed by atoms with Gasteiger partial charge in [-0.3, -0.25) is 9.59 Å². The maximum atomic E-state index is 12.1. The number of aryl methyl sites for hydroxylation is 1. The highest BCUT2D eigenvalue weighted by atomic mass is 16.2. The van der Waals surface area contributed by atoms with E-state index >= 15 is 0 Å². The Morgan fingerprint density at radius 3 is 2.35 bits per heavy atom. The third-order valence-corrected chi connectivity index (χ3v) is 3.37. The smallest absolute Gasteiger partial charge is 0.315 e. The van der Waals surface area contributed by atoms with Crippen LogP contribution in [0.3, 0.4) is 0 Å². The number of fused-ring (bicyclic) bond motifs is 1. The first kappa shape index (κ1) is 14.7. The standard InChI is InChI=1S/C18H15N3O2/c1-12-6-4-11-16(19-12)21-18(23)17(22)20-15-10-5-8-13-7-2-3-9-14(13)15/h2-11H,1H3,(H,20,22)(H,19,21,23). The van der Waals surface area contributed by atoms with E-state index in [1.165, 1.54) is 0 Å². The van der Waals surface area contributed by atoms with Crippen LogP contribution in [0.5, 0.6) is 0 Å². The third-order valence-electron chi connectivity index (χ3n) is 3.37. The Morgan fingerprint density at radius 1 is 0.826 bits per heavy atom. The van der Waals surface area contributed by atoms with Crippen LogP contribution in [0, 0.1) is 6.92 Å². The van der Waals surface area contributed by atoms with Crippen molar-refractivity contribution >= 4 is 34.1 Å². The first-order valence-electron chi connectivity index (χ1n) is 7.17. The molecule has 5 heteroatoms. The van der Waals surface area contributed by atoms with Crippen LogP contribution in [0.15, 0.2) is 60.7 Å². The summed E-state index contributed by atoms with van der Waals surface area (Å²) < 4.78 is 0. The molecule has 0 bridgehead atoms. The number of rotatable bonds is 2. The highest BCUT2D eigenvalue weighted by molar-refractivity contribution is 6.44. The second-order valence-corrected chi connectivity index (χ2v) is 5.10. The molecule has 0 radical (unpaired) electrons. The van der Waals surface area contributed by atoms with Crippen molar-refractivity contribution in [1.29, 1.82) is 0 Å². The number of anilines is 2. The van der Waals surface area contributed by atoms with Crippen LogP contribution in [0.2, 0.25) is 0 Å². The van der Waals surface area contributed by atoms with E-state index in [2.05, 4.69) is 15.6 Å². The number of carbonyl (C=O) groups is 2. The van der Waals surface area contributed by atoms with Gasteiger partial charge in [0.15, 0.2) is 0 Å². The van der Waals surface area contributed by atoms with Gasteiger partial charge in [0.1, 0.15) is 5.82 Å². The SMILES string of the molecule is Cc1cccc(NC(=O)C(=O)Nc2cccc3ccccc23)n1. The molecular formula is C18H15N3O2. The lowest BCUT2D eigenvalue weighted by atomic mass is 10.1. The first-order valence-corrected chi connectivity index (χ1v) is 7.17. The fraction of sp³-hybridized carbons (Fsp3) is 0.0556. The number of nitrogens with zero attached hydrogens (tertiary/aromatic N) is 1. The minimum Gasteiger partial charge on any atom is -0.317 e. The van der Waals surface area contributed by atoms with E-state index in [9.17, 15) is 9.59 Å². The summed E-state index contributed by atoms with van der Waals surface area (Å²) in [5.41, 5.74) is 1.36. The zero-order chi connectivity index (χ0) is 16.2. The highest BCUT2D eigenvalue weighted by Gasteiger charge is 2.15. The summed E-state index contributed by atoms with van der Waals surface area (Å²) in [5, 5.41) is 7.00. The quantitative estimate of drug-likeness (QED) is 0.715. The average molecular weight is 305 g/mol. The normalized spacial score (nSPS) is 10.3. The van der Waals surface area contributed by atoms with Gasteiger partial charge in [-0.1, -0.05) is 42.5 Å². The van der Waals surface area contributed by atoms with Gasteiger partial charge < -0.3 is 10.6 Å². The lowest BCUT2D eigenvalue weighted by Gasteiger charge is -2.09. The lowest BCUT2D eigenvalue weighted by Crippen LogP contribution is -2.29. The number of nitrogens with one attached hydrogen (secondary N) is 2. The molecule has 3 rings (SSSR count). The van der Waals surface area contributed by atoms with Crippen molar-refractivity contribution in [1.82, 2.24) is 4.98 Å². The summed E-state index contributed by atoms with van der Waals surface area (Å²) >= 11 is 0. The molecule has 3 aromatic rings. The van der Waals surface area contributed by atoms with Gasteiger partial charge in [0.05, 0.1) is 0 Å². The Bertz CT molecular complexity index is 885. The Hall–Kier alpha value is -3.21. The van der Waals surface area contributed by atoms with Gasteiger partial charge in [0.25, 0.3) is 0 Å². The van der Waals surface area contributed by atoms with Crippen molar-refractivity contribution in [2.24, 2.45) is 0 Å². The Labute approximate surface area is 133 Å². The number of pyridine rings is 1. The number of hydrogen-bond acceptors (Lipinski definition) is 3. The third kappa shape index (κ3) is 3.35. The Morgan fingerprint density at radius 2 is 1.52 bits per heavy atom. The van der Waals surface area contributed by atoms with E-state index in [1.807, 2.05) is 49.4 Å². The fourth-order valence-corrected chi connectivity index (χ4v) is 2.30. The zero-order valence-electron chi connectivity index (χ0n) is 12.5. The second-order valence-electron chi connectivity index (χ2n) is 5.10. The predicted octanol–water partition coefficient (Wildman–Crippen LogP) is 3.12. The molecule has 0 unspecified atom stereocenters. The molecule has 1 heterocycles. The van der Waals surface area contributed by atoms with Crippen LogP contribution >= 0.6 is 0 Å².